The van der Waals surface area contributed by atoms with Crippen molar-refractivity contribution in [1.82, 2.24) is 19.9 Å². The van der Waals surface area contributed by atoms with Crippen LogP contribution in [0.5, 0.6) is 0 Å². The molecule has 2 aromatic heterocycles. The van der Waals surface area contributed by atoms with Crippen LogP contribution >= 0.6 is 0 Å². The molecule has 33 heavy (non-hydrogen) atoms. The number of aryl methyl sites for hydroxylation is 1. The summed E-state index contributed by atoms with van der Waals surface area (Å²) in [6.45, 7) is 8.03. The first kappa shape index (κ1) is 22.3. The lowest BCUT2D eigenvalue weighted by atomic mass is 9.91. The summed E-state index contributed by atoms with van der Waals surface area (Å²) in [5, 5.41) is 6.73. The van der Waals surface area contributed by atoms with Gasteiger partial charge < -0.3 is 20.1 Å². The SMILES string of the molecule is C=C(/C=C\C=C(/C)NC(=O)Nc1ccccc1)C1CCCN(c2ncnc3c2ccn3C)C1. The molecule has 0 spiro atoms. The van der Waals surface area contributed by atoms with Crippen molar-refractivity contribution in [2.75, 3.05) is 23.3 Å². The Balaban J connectivity index is 1.34. The van der Waals surface area contributed by atoms with Gasteiger partial charge in [-0.3, -0.25) is 0 Å². The molecule has 3 heterocycles. The number of rotatable bonds is 6. The van der Waals surface area contributed by atoms with Gasteiger partial charge in [0.1, 0.15) is 17.8 Å². The van der Waals surface area contributed by atoms with Crippen molar-refractivity contribution in [3.63, 3.8) is 0 Å². The summed E-state index contributed by atoms with van der Waals surface area (Å²) in [4.78, 5) is 23.4. The summed E-state index contributed by atoms with van der Waals surface area (Å²) in [5.74, 6) is 1.35. The van der Waals surface area contributed by atoms with Crippen LogP contribution in [0.25, 0.3) is 11.0 Å². The minimum Gasteiger partial charge on any atom is -0.355 e. The molecule has 0 bridgehead atoms. The highest BCUT2D eigenvalue weighted by Gasteiger charge is 2.23. The molecule has 1 fully saturated rings. The highest BCUT2D eigenvalue weighted by atomic mass is 16.2. The number of aromatic nitrogens is 3. The van der Waals surface area contributed by atoms with Gasteiger partial charge in [-0.1, -0.05) is 42.5 Å². The molecule has 1 unspecified atom stereocenters. The van der Waals surface area contributed by atoms with Gasteiger partial charge in [0.2, 0.25) is 0 Å². The van der Waals surface area contributed by atoms with Crippen molar-refractivity contribution in [3.05, 3.63) is 85.0 Å². The summed E-state index contributed by atoms with van der Waals surface area (Å²) in [7, 11) is 2.00. The number of anilines is 2. The number of urea groups is 1. The lowest BCUT2D eigenvalue weighted by Crippen LogP contribution is -2.36. The third-order valence-electron chi connectivity index (χ3n) is 5.88. The summed E-state index contributed by atoms with van der Waals surface area (Å²) < 4.78 is 2.02. The lowest BCUT2D eigenvalue weighted by molar-refractivity contribution is 0.254. The van der Waals surface area contributed by atoms with E-state index in [2.05, 4.69) is 38.1 Å². The Kier molecular flexibility index (Phi) is 6.88. The van der Waals surface area contributed by atoms with Crippen molar-refractivity contribution >= 4 is 28.6 Å². The van der Waals surface area contributed by atoms with E-state index >= 15 is 0 Å². The van der Waals surface area contributed by atoms with E-state index in [1.165, 1.54) is 0 Å². The zero-order valence-corrected chi connectivity index (χ0v) is 19.2. The fourth-order valence-electron chi connectivity index (χ4n) is 4.15. The van der Waals surface area contributed by atoms with E-state index in [9.17, 15) is 4.79 Å². The quantitative estimate of drug-likeness (QED) is 0.526. The van der Waals surface area contributed by atoms with Crippen LogP contribution in [0, 0.1) is 5.92 Å². The van der Waals surface area contributed by atoms with Crippen LogP contribution in [0.1, 0.15) is 19.8 Å². The Bertz CT molecular complexity index is 1190. The number of carbonyl (C=O) groups is 1. The number of carbonyl (C=O) groups excluding carboxylic acids is 1. The number of amides is 2. The maximum atomic E-state index is 12.1. The number of para-hydroxylation sites is 1. The van der Waals surface area contributed by atoms with E-state index in [0.717, 1.165) is 59.7 Å². The summed E-state index contributed by atoms with van der Waals surface area (Å²) in [6.07, 6.45) is 11.7. The minimum absolute atomic E-state index is 0.262. The molecular formula is C26H30N6O. The maximum Gasteiger partial charge on any atom is 0.323 e. The van der Waals surface area contributed by atoms with Gasteiger partial charge in [0, 0.05) is 43.6 Å². The topological polar surface area (TPSA) is 75.1 Å². The van der Waals surface area contributed by atoms with Gasteiger partial charge in [-0.25, -0.2) is 14.8 Å². The second-order valence-electron chi connectivity index (χ2n) is 8.38. The number of hydrogen-bond acceptors (Lipinski definition) is 4. The van der Waals surface area contributed by atoms with E-state index in [4.69, 9.17) is 0 Å². The minimum atomic E-state index is -0.262. The number of nitrogens with one attached hydrogen (secondary N) is 2. The van der Waals surface area contributed by atoms with Gasteiger partial charge in [0.25, 0.3) is 0 Å². The van der Waals surface area contributed by atoms with E-state index in [1.54, 1.807) is 6.33 Å². The molecule has 1 aliphatic heterocycles. The van der Waals surface area contributed by atoms with Crippen molar-refractivity contribution < 1.29 is 4.79 Å². The number of piperidine rings is 1. The Labute approximate surface area is 194 Å². The Morgan fingerprint density at radius 3 is 2.85 bits per heavy atom. The molecular weight excluding hydrogens is 412 g/mol. The first-order valence-electron chi connectivity index (χ1n) is 11.2. The molecule has 4 rings (SSSR count). The monoisotopic (exact) mass is 442 g/mol. The van der Waals surface area contributed by atoms with Gasteiger partial charge >= 0.3 is 6.03 Å². The van der Waals surface area contributed by atoms with E-state index in [-0.39, 0.29) is 6.03 Å². The molecule has 0 radical (unpaired) electrons. The molecule has 1 saturated heterocycles. The fourth-order valence-corrected chi connectivity index (χ4v) is 4.15. The van der Waals surface area contributed by atoms with Gasteiger partial charge in [-0.2, -0.15) is 0 Å². The molecule has 0 aliphatic carbocycles. The van der Waals surface area contributed by atoms with Gasteiger partial charge in [-0.05, 0) is 44.0 Å². The molecule has 170 valence electrons. The van der Waals surface area contributed by atoms with Crippen LogP contribution in [0.4, 0.5) is 16.3 Å². The second kappa shape index (κ2) is 10.2. The molecule has 2 N–H and O–H groups in total. The van der Waals surface area contributed by atoms with Crippen LogP contribution in [0.2, 0.25) is 0 Å². The van der Waals surface area contributed by atoms with Crippen LogP contribution in [-0.2, 0) is 7.05 Å². The Morgan fingerprint density at radius 1 is 1.21 bits per heavy atom. The first-order chi connectivity index (χ1) is 16.0. The maximum absolute atomic E-state index is 12.1. The predicted octanol–water partition coefficient (Wildman–Crippen LogP) is 5.02. The van der Waals surface area contributed by atoms with Crippen LogP contribution in [0.15, 0.2) is 85.0 Å². The van der Waals surface area contributed by atoms with Crippen molar-refractivity contribution in [1.29, 1.82) is 0 Å². The van der Waals surface area contributed by atoms with Gasteiger partial charge in [0.05, 0.1) is 5.39 Å². The third kappa shape index (κ3) is 5.49. The molecule has 0 saturated carbocycles. The van der Waals surface area contributed by atoms with Crippen molar-refractivity contribution in [2.45, 2.75) is 19.8 Å². The van der Waals surface area contributed by atoms with Crippen molar-refractivity contribution in [3.8, 4) is 0 Å². The highest BCUT2D eigenvalue weighted by Crippen LogP contribution is 2.30. The summed E-state index contributed by atoms with van der Waals surface area (Å²) >= 11 is 0. The Hall–Kier alpha value is -3.87. The van der Waals surface area contributed by atoms with Crippen LogP contribution in [-0.4, -0.2) is 33.7 Å². The number of nitrogens with zero attached hydrogens (tertiary/aromatic N) is 4. The number of allylic oxidation sites excluding steroid dienone is 4. The molecule has 2 amide bonds. The first-order valence-corrected chi connectivity index (χ1v) is 11.2. The van der Waals surface area contributed by atoms with Gasteiger partial charge in [0.15, 0.2) is 0 Å². The highest BCUT2D eigenvalue weighted by molar-refractivity contribution is 5.90. The summed E-state index contributed by atoms with van der Waals surface area (Å²) in [6, 6.07) is 11.2. The largest absolute Gasteiger partial charge is 0.355 e. The zero-order valence-electron chi connectivity index (χ0n) is 19.2. The molecule has 1 aromatic carbocycles. The molecule has 1 aliphatic rings. The number of hydrogen-bond donors (Lipinski definition) is 2. The van der Waals surface area contributed by atoms with E-state index in [1.807, 2.05) is 73.3 Å². The van der Waals surface area contributed by atoms with Crippen LogP contribution < -0.4 is 15.5 Å². The molecule has 7 nitrogen and oxygen atoms in total. The van der Waals surface area contributed by atoms with E-state index in [0.29, 0.717) is 5.92 Å². The van der Waals surface area contributed by atoms with E-state index < -0.39 is 0 Å². The third-order valence-corrected chi connectivity index (χ3v) is 5.88. The smallest absolute Gasteiger partial charge is 0.323 e. The molecule has 7 heteroatoms. The van der Waals surface area contributed by atoms with Gasteiger partial charge in [-0.15, -0.1) is 0 Å². The Morgan fingerprint density at radius 2 is 2.03 bits per heavy atom. The lowest BCUT2D eigenvalue weighted by Gasteiger charge is -2.34. The average Bonchev–Trinajstić information content (AvgIpc) is 3.20. The number of fused-ring (bicyclic) bond motifs is 1. The average molecular weight is 443 g/mol. The zero-order chi connectivity index (χ0) is 23.2. The summed E-state index contributed by atoms with van der Waals surface area (Å²) in [5.41, 5.74) is 3.54. The molecule has 3 aromatic rings. The second-order valence-corrected chi connectivity index (χ2v) is 8.38. The standard InChI is InChI=1S/C26H30N6O/c1-19(9-7-10-20(2)29-26(33)30-22-12-5-4-6-13-22)21-11-8-15-32(17-21)25-23-14-16-31(3)24(23)27-18-28-25/h4-7,9-10,12-14,16,18,21H,1,8,11,15,17H2,2-3H3,(H2,29,30,33)/b9-7-,20-10+. The fraction of sp³-hybridized carbons (Fsp3) is 0.269. The predicted molar refractivity (Wildman–Crippen MR) is 134 cm³/mol. The normalized spacial score (nSPS) is 16.8. The van der Waals surface area contributed by atoms with Crippen LogP contribution in [0.3, 0.4) is 0 Å². The molecule has 1 atom stereocenters. The number of benzene rings is 1. The van der Waals surface area contributed by atoms with Crippen molar-refractivity contribution in [2.24, 2.45) is 13.0 Å².